The Balaban J connectivity index is 1.87. The van der Waals surface area contributed by atoms with Crippen LogP contribution in [-0.4, -0.2) is 28.9 Å². The first-order valence-electron chi connectivity index (χ1n) is 9.38. The van der Waals surface area contributed by atoms with Crippen molar-refractivity contribution < 1.29 is 19.4 Å². The lowest BCUT2D eigenvalue weighted by Gasteiger charge is -2.27. The van der Waals surface area contributed by atoms with Gasteiger partial charge in [-0.3, -0.25) is 4.79 Å². The van der Waals surface area contributed by atoms with Gasteiger partial charge in [0.15, 0.2) is 0 Å². The molecule has 4 heteroatoms. The Bertz CT molecular complexity index is 675. The van der Waals surface area contributed by atoms with Gasteiger partial charge < -0.3 is 14.6 Å². The summed E-state index contributed by atoms with van der Waals surface area (Å²) in [7, 11) is 0. The van der Waals surface area contributed by atoms with Gasteiger partial charge in [0.1, 0.15) is 17.5 Å². The molecule has 2 aliphatic rings. The van der Waals surface area contributed by atoms with Crippen molar-refractivity contribution in [2.45, 2.75) is 90.4 Å². The van der Waals surface area contributed by atoms with Crippen LogP contribution in [0, 0.1) is 6.92 Å². The molecular formula is C21H30O4. The Labute approximate surface area is 150 Å². The molecule has 0 spiro atoms. The van der Waals surface area contributed by atoms with Crippen molar-refractivity contribution in [1.82, 2.24) is 0 Å². The fourth-order valence-corrected chi connectivity index (χ4v) is 4.10. The molecule has 1 fully saturated rings. The molecule has 1 aromatic rings. The summed E-state index contributed by atoms with van der Waals surface area (Å²) < 4.78 is 11.7. The van der Waals surface area contributed by atoms with Crippen LogP contribution in [0.4, 0.5) is 0 Å². The van der Waals surface area contributed by atoms with Crippen molar-refractivity contribution in [2.75, 3.05) is 0 Å². The van der Waals surface area contributed by atoms with E-state index in [1.165, 1.54) is 22.3 Å². The molecule has 138 valence electrons. The molecule has 2 heterocycles. The van der Waals surface area contributed by atoms with E-state index >= 15 is 0 Å². The SMILES string of the molecule is Cc1cc(C(C)C)c(CCC2CC(O)CC(=O)O2)c2c1CC(C)(C)O2. The standard InChI is InChI=1S/C21H30O4/c1-12(2)17-8-13(3)18-11-21(4,5)25-20(18)16(17)7-6-15-9-14(22)10-19(23)24-15/h8,12,14-15,22H,6-7,9-11H2,1-5H3. The quantitative estimate of drug-likeness (QED) is 0.842. The van der Waals surface area contributed by atoms with Crippen molar-refractivity contribution in [2.24, 2.45) is 0 Å². The lowest BCUT2D eigenvalue weighted by atomic mass is 9.87. The highest BCUT2D eigenvalue weighted by atomic mass is 16.5. The van der Waals surface area contributed by atoms with Gasteiger partial charge in [-0.15, -0.1) is 0 Å². The third-order valence-electron chi connectivity index (χ3n) is 5.30. The summed E-state index contributed by atoms with van der Waals surface area (Å²) in [4.78, 5) is 11.6. The predicted molar refractivity (Wildman–Crippen MR) is 97.1 cm³/mol. The minimum absolute atomic E-state index is 0.116. The number of benzene rings is 1. The van der Waals surface area contributed by atoms with Crippen LogP contribution >= 0.6 is 0 Å². The zero-order valence-corrected chi connectivity index (χ0v) is 16.0. The van der Waals surface area contributed by atoms with E-state index in [-0.39, 0.29) is 24.1 Å². The first kappa shape index (κ1) is 18.2. The van der Waals surface area contributed by atoms with E-state index in [4.69, 9.17) is 9.47 Å². The maximum Gasteiger partial charge on any atom is 0.308 e. The summed E-state index contributed by atoms with van der Waals surface area (Å²) in [6.45, 7) is 10.8. The molecule has 1 N–H and O–H groups in total. The fourth-order valence-electron chi connectivity index (χ4n) is 4.10. The van der Waals surface area contributed by atoms with E-state index in [0.717, 1.165) is 25.0 Å². The van der Waals surface area contributed by atoms with Crippen molar-refractivity contribution in [3.05, 3.63) is 28.3 Å². The Morgan fingerprint density at radius 2 is 2.08 bits per heavy atom. The smallest absolute Gasteiger partial charge is 0.308 e. The summed E-state index contributed by atoms with van der Waals surface area (Å²) in [5, 5.41) is 9.82. The van der Waals surface area contributed by atoms with Gasteiger partial charge in [0, 0.05) is 18.4 Å². The van der Waals surface area contributed by atoms with Crippen LogP contribution in [0.1, 0.15) is 75.1 Å². The van der Waals surface area contributed by atoms with Crippen LogP contribution in [0.5, 0.6) is 5.75 Å². The first-order chi connectivity index (χ1) is 11.7. The summed E-state index contributed by atoms with van der Waals surface area (Å²) in [6.07, 6.45) is 2.32. The number of ether oxygens (including phenoxy) is 2. The van der Waals surface area contributed by atoms with Crippen molar-refractivity contribution in [3.63, 3.8) is 0 Å². The number of fused-ring (bicyclic) bond motifs is 1. The zero-order chi connectivity index (χ0) is 18.4. The molecule has 1 saturated heterocycles. The molecule has 2 unspecified atom stereocenters. The van der Waals surface area contributed by atoms with Crippen LogP contribution in [0.2, 0.25) is 0 Å². The van der Waals surface area contributed by atoms with Gasteiger partial charge in [0.05, 0.1) is 12.5 Å². The molecule has 0 saturated carbocycles. The lowest BCUT2D eigenvalue weighted by molar-refractivity contribution is -0.160. The second-order valence-corrected chi connectivity index (χ2v) is 8.51. The van der Waals surface area contributed by atoms with Gasteiger partial charge in [-0.1, -0.05) is 19.9 Å². The topological polar surface area (TPSA) is 55.8 Å². The number of aliphatic hydroxyl groups is 1. The number of esters is 1. The highest BCUT2D eigenvalue weighted by Crippen LogP contribution is 2.43. The molecule has 0 radical (unpaired) electrons. The number of cyclic esters (lactones) is 1. The van der Waals surface area contributed by atoms with Crippen molar-refractivity contribution in [3.8, 4) is 5.75 Å². The number of aryl methyl sites for hydroxylation is 1. The lowest BCUT2D eigenvalue weighted by Crippen LogP contribution is -2.32. The van der Waals surface area contributed by atoms with Crippen LogP contribution in [0.25, 0.3) is 0 Å². The predicted octanol–water partition coefficient (Wildman–Crippen LogP) is 3.83. The highest BCUT2D eigenvalue weighted by Gasteiger charge is 2.35. The van der Waals surface area contributed by atoms with Gasteiger partial charge in [-0.2, -0.15) is 0 Å². The number of aliphatic hydroxyl groups excluding tert-OH is 1. The molecule has 25 heavy (non-hydrogen) atoms. The van der Waals surface area contributed by atoms with Gasteiger partial charge in [-0.05, 0) is 56.2 Å². The molecule has 1 aromatic carbocycles. The zero-order valence-electron chi connectivity index (χ0n) is 16.0. The molecule has 4 nitrogen and oxygen atoms in total. The van der Waals surface area contributed by atoms with Crippen molar-refractivity contribution in [1.29, 1.82) is 0 Å². The van der Waals surface area contributed by atoms with E-state index in [1.807, 2.05) is 0 Å². The molecule has 2 atom stereocenters. The largest absolute Gasteiger partial charge is 0.487 e. The molecule has 0 amide bonds. The second-order valence-electron chi connectivity index (χ2n) is 8.51. The Kier molecular flexibility index (Phi) is 4.84. The van der Waals surface area contributed by atoms with Gasteiger partial charge in [0.2, 0.25) is 0 Å². The van der Waals surface area contributed by atoms with Gasteiger partial charge in [0.25, 0.3) is 0 Å². The summed E-state index contributed by atoms with van der Waals surface area (Å²) in [5.41, 5.74) is 5.00. The van der Waals surface area contributed by atoms with E-state index in [2.05, 4.69) is 40.7 Å². The van der Waals surface area contributed by atoms with Crippen LogP contribution in [-0.2, 0) is 22.4 Å². The molecule has 3 rings (SSSR count). The second kappa shape index (κ2) is 6.64. The van der Waals surface area contributed by atoms with Gasteiger partial charge in [-0.25, -0.2) is 0 Å². The van der Waals surface area contributed by atoms with E-state index in [0.29, 0.717) is 12.3 Å². The number of hydrogen-bond donors (Lipinski definition) is 1. The van der Waals surface area contributed by atoms with E-state index in [1.54, 1.807) is 0 Å². The minimum atomic E-state index is -0.574. The van der Waals surface area contributed by atoms with Crippen LogP contribution < -0.4 is 4.74 Å². The number of carbonyl (C=O) groups is 1. The Morgan fingerprint density at radius 1 is 1.36 bits per heavy atom. The monoisotopic (exact) mass is 346 g/mol. The first-order valence-corrected chi connectivity index (χ1v) is 9.38. The number of rotatable bonds is 4. The maximum absolute atomic E-state index is 11.6. The highest BCUT2D eigenvalue weighted by molar-refractivity contribution is 5.71. The third-order valence-corrected chi connectivity index (χ3v) is 5.30. The van der Waals surface area contributed by atoms with Gasteiger partial charge >= 0.3 is 5.97 Å². The molecule has 2 aliphatic heterocycles. The molecule has 0 aromatic heterocycles. The Morgan fingerprint density at radius 3 is 2.72 bits per heavy atom. The normalized spacial score (nSPS) is 24.8. The molecular weight excluding hydrogens is 316 g/mol. The minimum Gasteiger partial charge on any atom is -0.487 e. The fraction of sp³-hybridized carbons (Fsp3) is 0.667. The summed E-state index contributed by atoms with van der Waals surface area (Å²) in [6, 6.07) is 2.30. The molecule has 0 bridgehead atoms. The van der Waals surface area contributed by atoms with E-state index < -0.39 is 6.10 Å². The summed E-state index contributed by atoms with van der Waals surface area (Å²) in [5.74, 6) is 1.15. The average Bonchev–Trinajstić information content (AvgIpc) is 2.81. The average molecular weight is 346 g/mol. The van der Waals surface area contributed by atoms with Crippen LogP contribution in [0.3, 0.4) is 0 Å². The number of carbonyl (C=O) groups excluding carboxylic acids is 1. The molecule has 0 aliphatic carbocycles. The maximum atomic E-state index is 11.6. The number of hydrogen-bond acceptors (Lipinski definition) is 4. The Hall–Kier alpha value is -1.55. The third kappa shape index (κ3) is 3.84. The van der Waals surface area contributed by atoms with Crippen molar-refractivity contribution >= 4 is 5.97 Å². The summed E-state index contributed by atoms with van der Waals surface area (Å²) >= 11 is 0. The van der Waals surface area contributed by atoms with E-state index in [9.17, 15) is 9.90 Å². The van der Waals surface area contributed by atoms with Crippen LogP contribution in [0.15, 0.2) is 6.07 Å².